The van der Waals surface area contributed by atoms with Crippen LogP contribution in [0.1, 0.15) is 25.0 Å². The standard InChI is InChI=1S/C23H25N3O5S2/c1-6-30-20-9-14(3)21(10-13(20)2)33(28,29)25-23-24-17(12-32-23)16-7-8-19-18(11-16)26(5)22(27)15(4)31-19/h7-12,15H,6H2,1-5H3,(H,24,25). The lowest BCUT2D eigenvalue weighted by Crippen LogP contribution is -2.41. The molecular formula is C23H25N3O5S2. The summed E-state index contributed by atoms with van der Waals surface area (Å²) < 4.78 is 39.9. The van der Waals surface area contributed by atoms with E-state index in [0.717, 1.165) is 11.1 Å². The van der Waals surface area contributed by atoms with Crippen LogP contribution >= 0.6 is 11.3 Å². The van der Waals surface area contributed by atoms with E-state index in [1.807, 2.05) is 26.0 Å². The lowest BCUT2D eigenvalue weighted by molar-refractivity contribution is -0.125. The number of carbonyl (C=O) groups is 1. The molecule has 33 heavy (non-hydrogen) atoms. The Morgan fingerprint density at radius 1 is 1.21 bits per heavy atom. The van der Waals surface area contributed by atoms with Crippen LogP contribution in [0.5, 0.6) is 11.5 Å². The second kappa shape index (κ2) is 8.68. The van der Waals surface area contributed by atoms with Crippen LogP contribution in [0.3, 0.4) is 0 Å². The number of nitrogens with zero attached hydrogens (tertiary/aromatic N) is 2. The summed E-state index contributed by atoms with van der Waals surface area (Å²) in [5.41, 5.74) is 3.32. The Balaban J connectivity index is 1.60. The van der Waals surface area contributed by atoms with E-state index in [-0.39, 0.29) is 15.9 Å². The molecule has 1 aromatic heterocycles. The summed E-state index contributed by atoms with van der Waals surface area (Å²) in [6, 6.07) is 8.78. The van der Waals surface area contributed by atoms with Gasteiger partial charge < -0.3 is 14.4 Å². The Kier molecular flexibility index (Phi) is 6.06. The number of likely N-dealkylation sites (N-methyl/N-ethyl adjacent to an activating group) is 1. The molecule has 3 aromatic rings. The molecule has 8 nitrogen and oxygen atoms in total. The van der Waals surface area contributed by atoms with Gasteiger partial charge in [0.25, 0.3) is 15.9 Å². The van der Waals surface area contributed by atoms with Gasteiger partial charge in [-0.25, -0.2) is 13.4 Å². The van der Waals surface area contributed by atoms with Gasteiger partial charge in [-0.1, -0.05) is 0 Å². The zero-order valence-corrected chi connectivity index (χ0v) is 20.6. The molecule has 174 valence electrons. The molecule has 4 rings (SSSR count). The number of carbonyl (C=O) groups excluding carboxylic acids is 1. The predicted octanol–water partition coefficient (Wildman–Crippen LogP) is 4.37. The van der Waals surface area contributed by atoms with Crippen molar-refractivity contribution in [3.63, 3.8) is 0 Å². The number of thiazole rings is 1. The minimum absolute atomic E-state index is 0.132. The van der Waals surface area contributed by atoms with Gasteiger partial charge in [-0.3, -0.25) is 9.52 Å². The largest absolute Gasteiger partial charge is 0.494 e. The molecule has 2 heterocycles. The van der Waals surface area contributed by atoms with Crippen molar-refractivity contribution < 1.29 is 22.7 Å². The first-order valence-corrected chi connectivity index (χ1v) is 12.8. The van der Waals surface area contributed by atoms with Gasteiger partial charge in [0.05, 0.1) is 22.9 Å². The number of benzene rings is 2. The molecule has 1 aliphatic heterocycles. The van der Waals surface area contributed by atoms with Crippen molar-refractivity contribution in [2.45, 2.75) is 38.7 Å². The highest BCUT2D eigenvalue weighted by Crippen LogP contribution is 2.37. The lowest BCUT2D eigenvalue weighted by Gasteiger charge is -2.30. The smallest absolute Gasteiger partial charge is 0.267 e. The second-order valence-electron chi connectivity index (χ2n) is 7.80. The minimum atomic E-state index is -3.83. The summed E-state index contributed by atoms with van der Waals surface area (Å²) in [4.78, 5) is 18.4. The summed E-state index contributed by atoms with van der Waals surface area (Å²) in [6.45, 7) is 7.64. The van der Waals surface area contributed by atoms with Gasteiger partial charge in [-0.05, 0) is 69.2 Å². The first-order chi connectivity index (χ1) is 15.6. The van der Waals surface area contributed by atoms with E-state index in [2.05, 4.69) is 9.71 Å². The molecule has 0 spiro atoms. The summed E-state index contributed by atoms with van der Waals surface area (Å²) >= 11 is 1.19. The number of aromatic nitrogens is 1. The van der Waals surface area contributed by atoms with Crippen molar-refractivity contribution in [1.29, 1.82) is 0 Å². The molecular weight excluding hydrogens is 462 g/mol. The van der Waals surface area contributed by atoms with Crippen molar-refractivity contribution >= 4 is 38.1 Å². The molecule has 0 saturated carbocycles. The third kappa shape index (κ3) is 4.40. The van der Waals surface area contributed by atoms with Crippen LogP contribution in [-0.4, -0.2) is 39.1 Å². The summed E-state index contributed by atoms with van der Waals surface area (Å²) in [7, 11) is -2.13. The highest BCUT2D eigenvalue weighted by molar-refractivity contribution is 7.93. The molecule has 1 aliphatic rings. The topological polar surface area (TPSA) is 97.8 Å². The fraction of sp³-hybridized carbons (Fsp3) is 0.304. The number of hydrogen-bond acceptors (Lipinski definition) is 7. The average molecular weight is 488 g/mol. The highest BCUT2D eigenvalue weighted by atomic mass is 32.2. The predicted molar refractivity (Wildman–Crippen MR) is 129 cm³/mol. The molecule has 10 heteroatoms. The van der Waals surface area contributed by atoms with E-state index >= 15 is 0 Å². The van der Waals surface area contributed by atoms with Crippen LogP contribution in [0.2, 0.25) is 0 Å². The fourth-order valence-electron chi connectivity index (χ4n) is 3.66. The first kappa shape index (κ1) is 23.1. The van der Waals surface area contributed by atoms with Gasteiger partial charge in [0, 0.05) is 18.0 Å². The Morgan fingerprint density at radius 3 is 2.70 bits per heavy atom. The van der Waals surface area contributed by atoms with Crippen LogP contribution < -0.4 is 19.1 Å². The zero-order valence-electron chi connectivity index (χ0n) is 19.0. The quantitative estimate of drug-likeness (QED) is 0.555. The number of rotatable bonds is 6. The number of sulfonamides is 1. The van der Waals surface area contributed by atoms with Crippen LogP contribution in [0, 0.1) is 13.8 Å². The second-order valence-corrected chi connectivity index (χ2v) is 10.3. The number of ether oxygens (including phenoxy) is 2. The number of nitrogens with one attached hydrogen (secondary N) is 1. The minimum Gasteiger partial charge on any atom is -0.494 e. The number of fused-ring (bicyclic) bond motifs is 1. The van der Waals surface area contributed by atoms with E-state index in [1.165, 1.54) is 11.3 Å². The molecule has 0 radical (unpaired) electrons. The third-order valence-corrected chi connectivity index (χ3v) is 7.75. The molecule has 1 N–H and O–H groups in total. The van der Waals surface area contributed by atoms with E-state index in [1.54, 1.807) is 49.4 Å². The Labute approximate surface area is 197 Å². The molecule has 2 aromatic carbocycles. The van der Waals surface area contributed by atoms with E-state index in [0.29, 0.717) is 35.1 Å². The normalized spacial score (nSPS) is 15.7. The summed E-state index contributed by atoms with van der Waals surface area (Å²) in [5.74, 6) is 1.15. The van der Waals surface area contributed by atoms with Crippen molar-refractivity contribution in [3.05, 3.63) is 46.8 Å². The SMILES string of the molecule is CCOc1cc(C)c(S(=O)(=O)Nc2nc(-c3ccc4c(c3)N(C)C(=O)C(C)O4)cs2)cc1C. The van der Waals surface area contributed by atoms with Crippen molar-refractivity contribution in [1.82, 2.24) is 4.98 Å². The van der Waals surface area contributed by atoms with E-state index < -0.39 is 16.1 Å². The maximum absolute atomic E-state index is 13.0. The number of amides is 1. The first-order valence-electron chi connectivity index (χ1n) is 10.4. The fourth-order valence-corrected chi connectivity index (χ4v) is 5.94. The molecule has 1 amide bonds. The van der Waals surface area contributed by atoms with E-state index in [9.17, 15) is 13.2 Å². The van der Waals surface area contributed by atoms with Gasteiger partial charge in [-0.2, -0.15) is 0 Å². The van der Waals surface area contributed by atoms with Crippen molar-refractivity contribution in [3.8, 4) is 22.8 Å². The van der Waals surface area contributed by atoms with Gasteiger partial charge in [0.1, 0.15) is 11.5 Å². The van der Waals surface area contributed by atoms with E-state index in [4.69, 9.17) is 9.47 Å². The van der Waals surface area contributed by atoms with Crippen molar-refractivity contribution in [2.75, 3.05) is 23.3 Å². The van der Waals surface area contributed by atoms with Crippen LogP contribution in [-0.2, 0) is 14.8 Å². The van der Waals surface area contributed by atoms with Crippen LogP contribution in [0.15, 0.2) is 40.6 Å². The molecule has 0 aliphatic carbocycles. The van der Waals surface area contributed by atoms with Gasteiger partial charge in [-0.15, -0.1) is 11.3 Å². The molecule has 0 bridgehead atoms. The molecule has 0 saturated heterocycles. The van der Waals surface area contributed by atoms with Gasteiger partial charge >= 0.3 is 0 Å². The van der Waals surface area contributed by atoms with Gasteiger partial charge in [0.2, 0.25) is 0 Å². The highest BCUT2D eigenvalue weighted by Gasteiger charge is 2.29. The molecule has 1 unspecified atom stereocenters. The Morgan fingerprint density at radius 2 is 1.97 bits per heavy atom. The Hall–Kier alpha value is -3.11. The zero-order chi connectivity index (χ0) is 23.9. The maximum atomic E-state index is 13.0. The van der Waals surface area contributed by atoms with Crippen LogP contribution in [0.4, 0.5) is 10.8 Å². The van der Waals surface area contributed by atoms with Gasteiger partial charge in [0.15, 0.2) is 11.2 Å². The van der Waals surface area contributed by atoms with Crippen molar-refractivity contribution in [2.24, 2.45) is 0 Å². The number of hydrogen-bond donors (Lipinski definition) is 1. The number of aryl methyl sites for hydroxylation is 2. The monoisotopic (exact) mass is 487 g/mol. The summed E-state index contributed by atoms with van der Waals surface area (Å²) in [5, 5.41) is 2.02. The maximum Gasteiger partial charge on any atom is 0.267 e. The lowest BCUT2D eigenvalue weighted by atomic mass is 10.1. The third-order valence-electron chi connectivity index (χ3n) is 5.39. The summed E-state index contributed by atoms with van der Waals surface area (Å²) in [6.07, 6.45) is -0.539. The molecule has 0 fully saturated rings. The molecule has 1 atom stereocenters. The van der Waals surface area contributed by atoms with Crippen LogP contribution in [0.25, 0.3) is 11.3 Å². The Bertz CT molecular complexity index is 1330. The number of anilines is 2. The average Bonchev–Trinajstić information content (AvgIpc) is 3.22.